The van der Waals surface area contributed by atoms with Gasteiger partial charge in [0, 0.05) is 41.7 Å². The molecule has 1 unspecified atom stereocenters. The van der Waals surface area contributed by atoms with Crippen molar-refractivity contribution in [2.45, 2.75) is 64.6 Å². The lowest BCUT2D eigenvalue weighted by molar-refractivity contribution is -0.00308. The standard InChI is InChI=1S/C21H34BrN3/c1-5-23-11-10-21(3,4)24-12-13-25(16(2)15-24)20-9-6-17-14-18(22)7-8-19(17)20/h7-8,14,16,20,23H,5-6,9-13,15H2,1-4H3/t16-,20?/m0/s1. The quantitative estimate of drug-likeness (QED) is 0.711. The number of nitrogens with one attached hydrogen (secondary N) is 1. The first-order valence-corrected chi connectivity index (χ1v) is 10.7. The van der Waals surface area contributed by atoms with Gasteiger partial charge in [-0.05, 0) is 76.4 Å². The fourth-order valence-electron chi connectivity index (χ4n) is 4.62. The Morgan fingerprint density at radius 1 is 1.28 bits per heavy atom. The molecule has 0 aromatic heterocycles. The maximum atomic E-state index is 3.62. The van der Waals surface area contributed by atoms with Crippen LogP contribution in [-0.2, 0) is 6.42 Å². The maximum absolute atomic E-state index is 3.62. The zero-order valence-electron chi connectivity index (χ0n) is 16.3. The van der Waals surface area contributed by atoms with Gasteiger partial charge in [0.25, 0.3) is 0 Å². The summed E-state index contributed by atoms with van der Waals surface area (Å²) in [5.41, 5.74) is 3.39. The van der Waals surface area contributed by atoms with Crippen LogP contribution < -0.4 is 5.32 Å². The van der Waals surface area contributed by atoms with E-state index in [-0.39, 0.29) is 5.54 Å². The Hall–Kier alpha value is -0.420. The van der Waals surface area contributed by atoms with Gasteiger partial charge in [0.15, 0.2) is 0 Å². The minimum atomic E-state index is 0.279. The summed E-state index contributed by atoms with van der Waals surface area (Å²) in [6.07, 6.45) is 3.72. The first kappa shape index (κ1) is 19.3. The van der Waals surface area contributed by atoms with E-state index in [1.54, 1.807) is 11.1 Å². The van der Waals surface area contributed by atoms with Gasteiger partial charge in [-0.15, -0.1) is 0 Å². The molecule has 1 aliphatic carbocycles. The van der Waals surface area contributed by atoms with Crippen LogP contribution >= 0.6 is 15.9 Å². The summed E-state index contributed by atoms with van der Waals surface area (Å²) in [5.74, 6) is 0. The van der Waals surface area contributed by atoms with Crippen LogP contribution in [0.4, 0.5) is 0 Å². The Morgan fingerprint density at radius 3 is 2.80 bits per heavy atom. The molecule has 4 heteroatoms. The van der Waals surface area contributed by atoms with Crippen molar-refractivity contribution in [3.05, 3.63) is 33.8 Å². The highest BCUT2D eigenvalue weighted by Crippen LogP contribution is 2.39. The number of fused-ring (bicyclic) bond motifs is 1. The van der Waals surface area contributed by atoms with Gasteiger partial charge in [-0.1, -0.05) is 28.9 Å². The van der Waals surface area contributed by atoms with Gasteiger partial charge in [0.05, 0.1) is 0 Å². The number of hydrogen-bond donors (Lipinski definition) is 1. The van der Waals surface area contributed by atoms with Crippen molar-refractivity contribution in [1.82, 2.24) is 15.1 Å². The van der Waals surface area contributed by atoms with Crippen LogP contribution in [0.2, 0.25) is 0 Å². The van der Waals surface area contributed by atoms with Crippen LogP contribution in [0.3, 0.4) is 0 Å². The summed E-state index contributed by atoms with van der Waals surface area (Å²) in [6.45, 7) is 15.2. The Balaban J connectivity index is 1.63. The molecular formula is C21H34BrN3. The van der Waals surface area contributed by atoms with Crippen molar-refractivity contribution >= 4 is 15.9 Å². The molecule has 25 heavy (non-hydrogen) atoms. The Kier molecular flexibility index (Phi) is 6.25. The third-order valence-electron chi connectivity index (χ3n) is 6.25. The summed E-state index contributed by atoms with van der Waals surface area (Å²) in [5, 5.41) is 3.48. The molecule has 2 atom stereocenters. The van der Waals surface area contributed by atoms with E-state index in [0.717, 1.165) is 13.1 Å². The molecule has 1 saturated heterocycles. The fourth-order valence-corrected chi connectivity index (χ4v) is 5.03. The predicted octanol–water partition coefficient (Wildman–Crippen LogP) is 4.22. The smallest absolute Gasteiger partial charge is 0.0357 e. The molecule has 1 fully saturated rings. The number of halogens is 1. The molecule has 1 aromatic carbocycles. The van der Waals surface area contributed by atoms with Crippen LogP contribution in [0.25, 0.3) is 0 Å². The minimum Gasteiger partial charge on any atom is -0.317 e. The molecule has 2 aliphatic rings. The molecule has 3 nitrogen and oxygen atoms in total. The monoisotopic (exact) mass is 407 g/mol. The van der Waals surface area contributed by atoms with E-state index in [9.17, 15) is 0 Å². The number of aryl methyl sites for hydroxylation is 1. The van der Waals surface area contributed by atoms with Gasteiger partial charge >= 0.3 is 0 Å². The average molecular weight is 408 g/mol. The molecule has 0 spiro atoms. The van der Waals surface area contributed by atoms with Gasteiger partial charge in [0.1, 0.15) is 0 Å². The van der Waals surface area contributed by atoms with Gasteiger partial charge in [-0.2, -0.15) is 0 Å². The Labute approximate surface area is 162 Å². The Morgan fingerprint density at radius 2 is 2.08 bits per heavy atom. The van der Waals surface area contributed by atoms with Crippen LogP contribution in [0.5, 0.6) is 0 Å². The zero-order valence-corrected chi connectivity index (χ0v) is 17.9. The molecule has 1 heterocycles. The number of piperazine rings is 1. The van der Waals surface area contributed by atoms with E-state index < -0.39 is 0 Å². The summed E-state index contributed by atoms with van der Waals surface area (Å²) in [7, 11) is 0. The van der Waals surface area contributed by atoms with Crippen molar-refractivity contribution in [2.75, 3.05) is 32.7 Å². The third kappa shape index (κ3) is 4.29. The number of benzene rings is 1. The van der Waals surface area contributed by atoms with E-state index in [1.165, 1.54) is 43.4 Å². The van der Waals surface area contributed by atoms with Gasteiger partial charge in [0.2, 0.25) is 0 Å². The maximum Gasteiger partial charge on any atom is 0.0357 e. The molecule has 3 rings (SSSR count). The normalized spacial score (nSPS) is 25.3. The van der Waals surface area contributed by atoms with Crippen LogP contribution in [0.1, 0.15) is 57.7 Å². The van der Waals surface area contributed by atoms with Crippen molar-refractivity contribution < 1.29 is 0 Å². The van der Waals surface area contributed by atoms with Crippen molar-refractivity contribution in [3.63, 3.8) is 0 Å². The van der Waals surface area contributed by atoms with E-state index in [0.29, 0.717) is 12.1 Å². The first-order chi connectivity index (χ1) is 11.9. The van der Waals surface area contributed by atoms with Crippen LogP contribution in [0.15, 0.2) is 22.7 Å². The second-order valence-corrected chi connectivity index (χ2v) is 9.26. The zero-order chi connectivity index (χ0) is 18.0. The highest BCUT2D eigenvalue weighted by atomic mass is 79.9. The highest BCUT2D eigenvalue weighted by molar-refractivity contribution is 9.10. The lowest BCUT2D eigenvalue weighted by Crippen LogP contribution is -2.59. The second kappa shape index (κ2) is 8.08. The third-order valence-corrected chi connectivity index (χ3v) is 6.74. The summed E-state index contributed by atoms with van der Waals surface area (Å²) in [6, 6.07) is 8.11. The molecule has 1 aliphatic heterocycles. The number of nitrogens with zero attached hydrogens (tertiary/aromatic N) is 2. The molecule has 0 bridgehead atoms. The largest absolute Gasteiger partial charge is 0.317 e. The summed E-state index contributed by atoms with van der Waals surface area (Å²) >= 11 is 3.62. The van der Waals surface area contributed by atoms with E-state index in [2.05, 4.69) is 76.9 Å². The summed E-state index contributed by atoms with van der Waals surface area (Å²) in [4.78, 5) is 5.47. The topological polar surface area (TPSA) is 18.5 Å². The Bertz CT molecular complexity index is 587. The van der Waals surface area contributed by atoms with Gasteiger partial charge < -0.3 is 5.32 Å². The number of hydrogen-bond acceptors (Lipinski definition) is 3. The lowest BCUT2D eigenvalue weighted by atomic mass is 9.94. The SMILES string of the molecule is CCNCCC(C)(C)N1CCN(C2CCc3cc(Br)ccc32)[C@@H](C)C1. The van der Waals surface area contributed by atoms with Crippen molar-refractivity contribution in [2.24, 2.45) is 0 Å². The second-order valence-electron chi connectivity index (χ2n) is 8.35. The minimum absolute atomic E-state index is 0.279. The van der Waals surface area contributed by atoms with E-state index in [4.69, 9.17) is 0 Å². The molecule has 1 aromatic rings. The molecular weight excluding hydrogens is 374 g/mol. The summed E-state index contributed by atoms with van der Waals surface area (Å²) < 4.78 is 1.22. The first-order valence-electron chi connectivity index (χ1n) is 9.92. The molecule has 0 saturated carbocycles. The van der Waals surface area contributed by atoms with E-state index >= 15 is 0 Å². The lowest BCUT2D eigenvalue weighted by Gasteiger charge is -2.49. The molecule has 0 amide bonds. The van der Waals surface area contributed by atoms with E-state index in [1.807, 2.05) is 0 Å². The number of rotatable bonds is 6. The molecule has 0 radical (unpaired) electrons. The molecule has 140 valence electrons. The molecule has 1 N–H and O–H groups in total. The van der Waals surface area contributed by atoms with Crippen LogP contribution in [-0.4, -0.2) is 54.1 Å². The highest BCUT2D eigenvalue weighted by Gasteiger charge is 2.37. The fraction of sp³-hybridized carbons (Fsp3) is 0.714. The van der Waals surface area contributed by atoms with Gasteiger partial charge in [-0.25, -0.2) is 0 Å². The van der Waals surface area contributed by atoms with Crippen molar-refractivity contribution in [1.29, 1.82) is 0 Å². The predicted molar refractivity (Wildman–Crippen MR) is 110 cm³/mol. The van der Waals surface area contributed by atoms with Crippen LogP contribution in [0, 0.1) is 0 Å². The average Bonchev–Trinajstić information content (AvgIpc) is 2.97. The van der Waals surface area contributed by atoms with Crippen molar-refractivity contribution in [3.8, 4) is 0 Å². The van der Waals surface area contributed by atoms with Gasteiger partial charge in [-0.3, -0.25) is 9.80 Å².